The fourth-order valence-corrected chi connectivity index (χ4v) is 2.31. The van der Waals surface area contributed by atoms with Crippen molar-refractivity contribution in [1.82, 2.24) is 9.78 Å². The minimum absolute atomic E-state index is 0.0425. The Labute approximate surface area is 151 Å². The second-order valence-electron chi connectivity index (χ2n) is 6.17. The Balaban J connectivity index is 1.63. The molecule has 0 saturated carbocycles. The predicted molar refractivity (Wildman–Crippen MR) is 101 cm³/mol. The van der Waals surface area contributed by atoms with Crippen molar-refractivity contribution in [3.05, 3.63) is 72.6 Å². The van der Waals surface area contributed by atoms with E-state index in [0.29, 0.717) is 16.9 Å². The molecular formula is C20H20N4O2. The van der Waals surface area contributed by atoms with E-state index in [2.05, 4.69) is 15.7 Å². The molecule has 0 unspecified atom stereocenters. The van der Waals surface area contributed by atoms with Crippen LogP contribution in [-0.2, 0) is 4.79 Å². The van der Waals surface area contributed by atoms with E-state index in [1.807, 2.05) is 38.2 Å². The van der Waals surface area contributed by atoms with Crippen molar-refractivity contribution in [3.8, 4) is 5.69 Å². The minimum atomic E-state index is -0.198. The lowest BCUT2D eigenvalue weighted by Gasteiger charge is -2.10. The maximum atomic E-state index is 12.4. The maximum absolute atomic E-state index is 12.4. The molecule has 0 fully saturated rings. The Morgan fingerprint density at radius 2 is 1.54 bits per heavy atom. The Bertz CT molecular complexity index is 883. The molecule has 6 nitrogen and oxygen atoms in total. The van der Waals surface area contributed by atoms with Gasteiger partial charge in [-0.3, -0.25) is 9.59 Å². The topological polar surface area (TPSA) is 76.0 Å². The number of carbonyl (C=O) groups is 2. The van der Waals surface area contributed by atoms with Crippen molar-refractivity contribution in [1.29, 1.82) is 0 Å². The highest BCUT2D eigenvalue weighted by molar-refractivity contribution is 6.04. The first kappa shape index (κ1) is 17.4. The number of carbonyl (C=O) groups excluding carboxylic acids is 2. The molecule has 0 aliphatic heterocycles. The van der Waals surface area contributed by atoms with E-state index >= 15 is 0 Å². The molecule has 0 aliphatic rings. The van der Waals surface area contributed by atoms with Crippen molar-refractivity contribution < 1.29 is 9.59 Å². The largest absolute Gasteiger partial charge is 0.326 e. The number of hydrogen-bond acceptors (Lipinski definition) is 3. The number of anilines is 2. The summed E-state index contributed by atoms with van der Waals surface area (Å²) >= 11 is 0. The smallest absolute Gasteiger partial charge is 0.255 e. The summed E-state index contributed by atoms with van der Waals surface area (Å²) in [5, 5.41) is 9.81. The normalized spacial score (nSPS) is 10.6. The summed E-state index contributed by atoms with van der Waals surface area (Å²) < 4.78 is 1.73. The lowest BCUT2D eigenvalue weighted by atomic mass is 10.2. The molecule has 0 atom stereocenters. The highest BCUT2D eigenvalue weighted by Gasteiger charge is 2.09. The molecule has 132 valence electrons. The molecule has 1 aromatic heterocycles. The van der Waals surface area contributed by atoms with Crippen molar-refractivity contribution >= 4 is 23.2 Å². The predicted octanol–water partition coefficient (Wildman–Crippen LogP) is 3.72. The first-order valence-electron chi connectivity index (χ1n) is 8.35. The van der Waals surface area contributed by atoms with Gasteiger partial charge in [-0.1, -0.05) is 13.8 Å². The van der Waals surface area contributed by atoms with E-state index < -0.39 is 0 Å². The highest BCUT2D eigenvalue weighted by atomic mass is 16.2. The van der Waals surface area contributed by atoms with E-state index in [9.17, 15) is 9.59 Å². The molecule has 3 aromatic rings. The molecule has 3 rings (SSSR count). The minimum Gasteiger partial charge on any atom is -0.326 e. The van der Waals surface area contributed by atoms with Crippen molar-refractivity contribution in [2.24, 2.45) is 5.92 Å². The van der Waals surface area contributed by atoms with Gasteiger partial charge in [-0.2, -0.15) is 5.10 Å². The number of nitrogens with zero attached hydrogens (tertiary/aromatic N) is 2. The average Bonchev–Trinajstić information content (AvgIpc) is 3.18. The molecule has 26 heavy (non-hydrogen) atoms. The zero-order valence-corrected chi connectivity index (χ0v) is 14.6. The zero-order valence-electron chi connectivity index (χ0n) is 14.6. The maximum Gasteiger partial charge on any atom is 0.255 e. The van der Waals surface area contributed by atoms with Crippen LogP contribution in [0.25, 0.3) is 5.69 Å². The van der Waals surface area contributed by atoms with Crippen molar-refractivity contribution in [2.75, 3.05) is 10.6 Å². The highest BCUT2D eigenvalue weighted by Crippen LogP contribution is 2.16. The van der Waals surface area contributed by atoms with E-state index in [1.54, 1.807) is 47.3 Å². The quantitative estimate of drug-likeness (QED) is 0.738. The number of amides is 2. The van der Waals surface area contributed by atoms with Crippen LogP contribution in [0.3, 0.4) is 0 Å². The first-order valence-corrected chi connectivity index (χ1v) is 8.35. The standard InChI is InChI=1S/C20H20N4O2/c1-14(2)19(25)22-16-6-8-17(9-7-16)23-20(26)15-4-10-18(11-5-15)24-13-3-12-21-24/h3-14H,1-2H3,(H,22,25)(H,23,26). The van der Waals surface area contributed by atoms with Gasteiger partial charge in [-0.15, -0.1) is 0 Å². The van der Waals surface area contributed by atoms with Gasteiger partial charge in [0, 0.05) is 35.2 Å². The number of aromatic nitrogens is 2. The Hall–Kier alpha value is -3.41. The number of nitrogens with one attached hydrogen (secondary N) is 2. The summed E-state index contributed by atoms with van der Waals surface area (Å²) in [4.78, 5) is 24.0. The first-order chi connectivity index (χ1) is 12.5. The van der Waals surface area contributed by atoms with Crippen LogP contribution in [0, 0.1) is 5.92 Å². The zero-order chi connectivity index (χ0) is 18.5. The molecule has 0 aliphatic carbocycles. The van der Waals surface area contributed by atoms with Gasteiger partial charge in [-0.05, 0) is 54.6 Å². The number of rotatable bonds is 5. The van der Waals surface area contributed by atoms with Gasteiger partial charge >= 0.3 is 0 Å². The number of benzene rings is 2. The summed E-state index contributed by atoms with van der Waals surface area (Å²) in [5.41, 5.74) is 2.80. The van der Waals surface area contributed by atoms with Crippen LogP contribution in [0.1, 0.15) is 24.2 Å². The van der Waals surface area contributed by atoms with Crippen LogP contribution >= 0.6 is 0 Å². The third kappa shape index (κ3) is 4.16. The van der Waals surface area contributed by atoms with Crippen LogP contribution in [0.15, 0.2) is 67.0 Å². The van der Waals surface area contributed by atoms with E-state index in [1.165, 1.54) is 0 Å². The third-order valence-electron chi connectivity index (χ3n) is 3.83. The van der Waals surface area contributed by atoms with Crippen LogP contribution in [-0.4, -0.2) is 21.6 Å². The van der Waals surface area contributed by atoms with Crippen LogP contribution in [0.2, 0.25) is 0 Å². The Morgan fingerprint density at radius 3 is 2.08 bits per heavy atom. The van der Waals surface area contributed by atoms with Crippen LogP contribution in [0.5, 0.6) is 0 Å². The summed E-state index contributed by atoms with van der Waals surface area (Å²) in [6.45, 7) is 3.67. The lowest BCUT2D eigenvalue weighted by Crippen LogP contribution is -2.17. The molecule has 2 amide bonds. The Kier molecular flexibility index (Phi) is 5.12. The molecule has 2 N–H and O–H groups in total. The fourth-order valence-electron chi connectivity index (χ4n) is 2.31. The summed E-state index contributed by atoms with van der Waals surface area (Å²) in [7, 11) is 0. The van der Waals surface area contributed by atoms with Gasteiger partial charge in [0.15, 0.2) is 0 Å². The van der Waals surface area contributed by atoms with Gasteiger partial charge in [0.1, 0.15) is 0 Å². The van der Waals surface area contributed by atoms with Gasteiger partial charge in [0.25, 0.3) is 5.91 Å². The molecule has 0 saturated heterocycles. The second-order valence-corrected chi connectivity index (χ2v) is 6.17. The van der Waals surface area contributed by atoms with Gasteiger partial charge in [0.05, 0.1) is 5.69 Å². The van der Waals surface area contributed by atoms with Crippen LogP contribution in [0.4, 0.5) is 11.4 Å². The van der Waals surface area contributed by atoms with E-state index in [4.69, 9.17) is 0 Å². The fraction of sp³-hybridized carbons (Fsp3) is 0.150. The van der Waals surface area contributed by atoms with Gasteiger partial charge in [0.2, 0.25) is 5.91 Å². The molecule has 2 aromatic carbocycles. The molecule has 0 bridgehead atoms. The summed E-state index contributed by atoms with van der Waals surface area (Å²) in [6.07, 6.45) is 3.54. The van der Waals surface area contributed by atoms with Crippen molar-refractivity contribution in [2.45, 2.75) is 13.8 Å². The molecule has 6 heteroatoms. The molecule has 1 heterocycles. The lowest BCUT2D eigenvalue weighted by molar-refractivity contribution is -0.118. The van der Waals surface area contributed by atoms with Crippen molar-refractivity contribution in [3.63, 3.8) is 0 Å². The molecular weight excluding hydrogens is 328 g/mol. The number of hydrogen-bond donors (Lipinski definition) is 2. The van der Waals surface area contributed by atoms with Crippen LogP contribution < -0.4 is 10.6 Å². The van der Waals surface area contributed by atoms with Gasteiger partial charge < -0.3 is 10.6 Å². The van der Waals surface area contributed by atoms with Gasteiger partial charge in [-0.25, -0.2) is 4.68 Å². The average molecular weight is 348 g/mol. The Morgan fingerprint density at radius 1 is 0.923 bits per heavy atom. The summed E-state index contributed by atoms with van der Waals surface area (Å²) in [5.74, 6) is -0.325. The summed E-state index contributed by atoms with van der Waals surface area (Å²) in [6, 6.07) is 16.1. The molecule has 0 spiro atoms. The molecule has 0 radical (unpaired) electrons. The second kappa shape index (κ2) is 7.65. The van der Waals surface area contributed by atoms with E-state index in [0.717, 1.165) is 5.69 Å². The SMILES string of the molecule is CC(C)C(=O)Nc1ccc(NC(=O)c2ccc(-n3cccn3)cc2)cc1. The van der Waals surface area contributed by atoms with E-state index in [-0.39, 0.29) is 17.7 Å². The third-order valence-corrected chi connectivity index (χ3v) is 3.83. The monoisotopic (exact) mass is 348 g/mol.